The zero-order chi connectivity index (χ0) is 13.9. The monoisotopic (exact) mass is 296 g/mol. The van der Waals surface area contributed by atoms with Crippen LogP contribution < -0.4 is 5.32 Å². The summed E-state index contributed by atoms with van der Waals surface area (Å²) in [5.74, 6) is 0. The van der Waals surface area contributed by atoms with Crippen molar-refractivity contribution in [2.75, 3.05) is 19.4 Å². The van der Waals surface area contributed by atoms with E-state index < -0.39 is 10.0 Å². The highest BCUT2D eigenvalue weighted by atomic mass is 32.2. The number of rotatable bonds is 5. The molecule has 0 aliphatic carbocycles. The van der Waals surface area contributed by atoms with Crippen LogP contribution in [0, 0.1) is 0 Å². The Hall–Kier alpha value is -1.37. The Balaban J connectivity index is 2.27. The van der Waals surface area contributed by atoms with E-state index in [2.05, 4.69) is 5.32 Å². The molecule has 19 heavy (non-hydrogen) atoms. The van der Waals surface area contributed by atoms with Crippen LogP contribution in [0.3, 0.4) is 0 Å². The van der Waals surface area contributed by atoms with Gasteiger partial charge in [-0.25, -0.2) is 12.7 Å². The second-order valence-corrected chi connectivity index (χ2v) is 7.37. The molecule has 1 heterocycles. The molecule has 1 aromatic heterocycles. The summed E-state index contributed by atoms with van der Waals surface area (Å²) < 4.78 is 25.6. The van der Waals surface area contributed by atoms with Gasteiger partial charge in [-0.2, -0.15) is 0 Å². The van der Waals surface area contributed by atoms with Gasteiger partial charge in [0, 0.05) is 25.5 Å². The topological polar surface area (TPSA) is 49.4 Å². The third-order valence-electron chi connectivity index (χ3n) is 2.68. The Labute approximate surface area is 117 Å². The Morgan fingerprint density at radius 3 is 2.53 bits per heavy atom. The lowest BCUT2D eigenvalue weighted by Crippen LogP contribution is -2.23. The first-order chi connectivity index (χ1) is 9.01. The van der Waals surface area contributed by atoms with E-state index in [1.165, 1.54) is 18.4 Å². The van der Waals surface area contributed by atoms with Crippen LogP contribution >= 0.6 is 11.3 Å². The number of thiophene rings is 1. The van der Waals surface area contributed by atoms with E-state index in [4.69, 9.17) is 0 Å². The number of sulfonamides is 1. The molecule has 0 saturated carbocycles. The van der Waals surface area contributed by atoms with Gasteiger partial charge in [0.1, 0.15) is 4.90 Å². The van der Waals surface area contributed by atoms with Crippen molar-refractivity contribution in [2.24, 2.45) is 0 Å². The van der Waals surface area contributed by atoms with E-state index in [1.807, 2.05) is 23.6 Å². The quantitative estimate of drug-likeness (QED) is 0.922. The molecule has 0 aliphatic heterocycles. The van der Waals surface area contributed by atoms with Gasteiger partial charge in [0.2, 0.25) is 10.0 Å². The third-order valence-corrected chi connectivity index (χ3v) is 5.43. The molecule has 1 aromatic carbocycles. The largest absolute Gasteiger partial charge is 0.379 e. The Kier molecular flexibility index (Phi) is 4.24. The van der Waals surface area contributed by atoms with Crippen molar-refractivity contribution in [1.29, 1.82) is 0 Å². The fourth-order valence-electron chi connectivity index (χ4n) is 1.63. The van der Waals surface area contributed by atoms with Gasteiger partial charge in [-0.15, -0.1) is 11.3 Å². The molecule has 6 heteroatoms. The SMILES string of the molecule is CN(C)S(=O)(=O)c1ccccc1NCc1cccs1. The molecule has 102 valence electrons. The van der Waals surface area contributed by atoms with Gasteiger partial charge in [-0.1, -0.05) is 18.2 Å². The normalized spacial score (nSPS) is 11.7. The molecule has 0 radical (unpaired) electrons. The maximum Gasteiger partial charge on any atom is 0.244 e. The number of anilines is 1. The van der Waals surface area contributed by atoms with Crippen molar-refractivity contribution < 1.29 is 8.42 Å². The summed E-state index contributed by atoms with van der Waals surface area (Å²) in [6, 6.07) is 10.9. The fourth-order valence-corrected chi connectivity index (χ4v) is 3.34. The van der Waals surface area contributed by atoms with Crippen LogP contribution in [-0.2, 0) is 16.6 Å². The highest BCUT2D eigenvalue weighted by Crippen LogP contribution is 2.24. The van der Waals surface area contributed by atoms with Crippen LogP contribution in [0.2, 0.25) is 0 Å². The molecule has 2 aromatic rings. The molecule has 2 rings (SSSR count). The molecule has 0 unspecified atom stereocenters. The molecule has 0 bridgehead atoms. The van der Waals surface area contributed by atoms with Crippen LogP contribution in [0.25, 0.3) is 0 Å². The van der Waals surface area contributed by atoms with Crippen molar-refractivity contribution in [3.05, 3.63) is 46.7 Å². The molecule has 0 aliphatic rings. The standard InChI is InChI=1S/C13H16N2O2S2/c1-15(2)19(16,17)13-8-4-3-7-12(13)14-10-11-6-5-9-18-11/h3-9,14H,10H2,1-2H3. The molecular weight excluding hydrogens is 280 g/mol. The van der Waals surface area contributed by atoms with Gasteiger partial charge in [0.25, 0.3) is 0 Å². The van der Waals surface area contributed by atoms with Crippen LogP contribution in [0.5, 0.6) is 0 Å². The lowest BCUT2D eigenvalue weighted by atomic mass is 10.3. The van der Waals surface area contributed by atoms with E-state index in [1.54, 1.807) is 29.5 Å². The molecule has 0 fully saturated rings. The zero-order valence-electron chi connectivity index (χ0n) is 10.8. The van der Waals surface area contributed by atoms with Crippen molar-refractivity contribution >= 4 is 27.0 Å². The van der Waals surface area contributed by atoms with E-state index >= 15 is 0 Å². The first-order valence-corrected chi connectivity index (χ1v) is 8.11. The van der Waals surface area contributed by atoms with Gasteiger partial charge in [-0.3, -0.25) is 0 Å². The molecule has 0 spiro atoms. The number of hydrogen-bond donors (Lipinski definition) is 1. The van der Waals surface area contributed by atoms with E-state index in [0.29, 0.717) is 17.1 Å². The fraction of sp³-hybridized carbons (Fsp3) is 0.231. The van der Waals surface area contributed by atoms with E-state index in [9.17, 15) is 8.42 Å². The summed E-state index contributed by atoms with van der Waals surface area (Å²) in [6.07, 6.45) is 0. The van der Waals surface area contributed by atoms with Crippen molar-refractivity contribution in [3.63, 3.8) is 0 Å². The van der Waals surface area contributed by atoms with Gasteiger partial charge in [-0.05, 0) is 23.6 Å². The number of para-hydroxylation sites is 1. The summed E-state index contributed by atoms with van der Waals surface area (Å²) in [4.78, 5) is 1.47. The van der Waals surface area contributed by atoms with Crippen LogP contribution in [-0.4, -0.2) is 26.8 Å². The van der Waals surface area contributed by atoms with E-state index in [0.717, 1.165) is 4.88 Å². The average molecular weight is 296 g/mol. The van der Waals surface area contributed by atoms with Gasteiger partial charge >= 0.3 is 0 Å². The first kappa shape index (κ1) is 14.0. The number of benzene rings is 1. The minimum Gasteiger partial charge on any atom is -0.379 e. The summed E-state index contributed by atoms with van der Waals surface area (Å²) in [7, 11) is -0.358. The Morgan fingerprint density at radius 1 is 1.16 bits per heavy atom. The minimum atomic E-state index is -3.42. The van der Waals surface area contributed by atoms with Crippen LogP contribution in [0.1, 0.15) is 4.88 Å². The first-order valence-electron chi connectivity index (χ1n) is 5.79. The molecule has 0 saturated heterocycles. The molecule has 1 N–H and O–H groups in total. The average Bonchev–Trinajstić information content (AvgIpc) is 2.89. The summed E-state index contributed by atoms with van der Waals surface area (Å²) in [6.45, 7) is 0.623. The Morgan fingerprint density at radius 2 is 1.89 bits per heavy atom. The highest BCUT2D eigenvalue weighted by molar-refractivity contribution is 7.89. The number of nitrogens with zero attached hydrogens (tertiary/aromatic N) is 1. The number of nitrogens with one attached hydrogen (secondary N) is 1. The molecule has 0 amide bonds. The lowest BCUT2D eigenvalue weighted by molar-refractivity contribution is 0.521. The van der Waals surface area contributed by atoms with Gasteiger partial charge in [0.15, 0.2) is 0 Å². The smallest absolute Gasteiger partial charge is 0.244 e. The van der Waals surface area contributed by atoms with Gasteiger partial charge < -0.3 is 5.32 Å². The molecular formula is C13H16N2O2S2. The summed E-state index contributed by atoms with van der Waals surface area (Å²) in [5.41, 5.74) is 0.629. The third kappa shape index (κ3) is 3.15. The second kappa shape index (κ2) is 5.73. The maximum atomic E-state index is 12.2. The van der Waals surface area contributed by atoms with Crippen molar-refractivity contribution in [1.82, 2.24) is 4.31 Å². The highest BCUT2D eigenvalue weighted by Gasteiger charge is 2.20. The van der Waals surface area contributed by atoms with Crippen LogP contribution in [0.15, 0.2) is 46.7 Å². The summed E-state index contributed by atoms with van der Waals surface area (Å²) in [5, 5.41) is 5.18. The lowest BCUT2D eigenvalue weighted by Gasteiger charge is -2.15. The second-order valence-electron chi connectivity index (χ2n) is 4.22. The predicted molar refractivity (Wildman–Crippen MR) is 79.0 cm³/mol. The predicted octanol–water partition coefficient (Wildman–Crippen LogP) is 2.61. The van der Waals surface area contributed by atoms with Crippen molar-refractivity contribution in [3.8, 4) is 0 Å². The summed E-state index contributed by atoms with van der Waals surface area (Å²) >= 11 is 1.64. The Bertz CT molecular complexity index is 634. The van der Waals surface area contributed by atoms with Gasteiger partial charge in [0.05, 0.1) is 5.69 Å². The number of hydrogen-bond acceptors (Lipinski definition) is 4. The minimum absolute atomic E-state index is 0.302. The molecule has 4 nitrogen and oxygen atoms in total. The molecule has 0 atom stereocenters. The zero-order valence-corrected chi connectivity index (χ0v) is 12.5. The van der Waals surface area contributed by atoms with Crippen molar-refractivity contribution in [2.45, 2.75) is 11.4 Å². The van der Waals surface area contributed by atoms with E-state index in [-0.39, 0.29) is 0 Å². The maximum absolute atomic E-state index is 12.2. The van der Waals surface area contributed by atoms with Crippen LogP contribution in [0.4, 0.5) is 5.69 Å².